The number of hydrogen-bond acceptors (Lipinski definition) is 2. The van der Waals surface area contributed by atoms with Gasteiger partial charge in [0.05, 0.1) is 5.56 Å². The van der Waals surface area contributed by atoms with Crippen molar-refractivity contribution >= 4 is 5.97 Å². The lowest BCUT2D eigenvalue weighted by atomic mass is 10.1. The summed E-state index contributed by atoms with van der Waals surface area (Å²) in [7, 11) is 0. The third-order valence-corrected chi connectivity index (χ3v) is 4.53. The van der Waals surface area contributed by atoms with Gasteiger partial charge in [0.1, 0.15) is 6.10 Å². The van der Waals surface area contributed by atoms with E-state index >= 15 is 0 Å². The summed E-state index contributed by atoms with van der Waals surface area (Å²) in [4.78, 5) is 12.1. The van der Waals surface area contributed by atoms with E-state index in [4.69, 9.17) is 4.74 Å². The average molecular weight is 345 g/mol. The monoisotopic (exact) mass is 344 g/mol. The van der Waals surface area contributed by atoms with Gasteiger partial charge < -0.3 is 4.74 Å². The molecule has 0 N–H and O–H groups in total. The molecule has 140 valence electrons. The summed E-state index contributed by atoms with van der Waals surface area (Å²) in [6.07, 6.45) is 17.9. The van der Waals surface area contributed by atoms with Crippen molar-refractivity contribution in [3.05, 3.63) is 48.0 Å². The zero-order valence-electron chi connectivity index (χ0n) is 16.2. The fourth-order valence-corrected chi connectivity index (χ4v) is 2.88. The molecule has 0 aromatic heterocycles. The highest BCUT2D eigenvalue weighted by atomic mass is 16.5. The first-order chi connectivity index (χ1) is 12.3. The van der Waals surface area contributed by atoms with Gasteiger partial charge in [0.25, 0.3) is 0 Å². The van der Waals surface area contributed by atoms with Gasteiger partial charge in [0.15, 0.2) is 0 Å². The van der Waals surface area contributed by atoms with Crippen LogP contribution in [0.5, 0.6) is 0 Å². The summed E-state index contributed by atoms with van der Waals surface area (Å²) in [5.41, 5.74) is 0.642. The number of ether oxygens (including phenoxy) is 1. The number of rotatable bonds is 14. The molecule has 0 heterocycles. The quantitative estimate of drug-likeness (QED) is 0.204. The van der Waals surface area contributed by atoms with Crippen LogP contribution in [0.2, 0.25) is 0 Å². The molecule has 0 radical (unpaired) electrons. The number of esters is 1. The minimum atomic E-state index is -0.199. The highest BCUT2D eigenvalue weighted by Gasteiger charge is 2.13. The lowest BCUT2D eigenvalue weighted by molar-refractivity contribution is 0.0267. The molecular formula is C23H36O2. The predicted octanol–water partition coefficient (Wildman–Crippen LogP) is 7.10. The molecule has 1 unspecified atom stereocenters. The molecule has 1 aromatic rings. The average Bonchev–Trinajstić information content (AvgIpc) is 2.65. The molecule has 0 bridgehead atoms. The SMILES string of the molecule is CCCCCCCC=CCCCCC(CC)OC(=O)c1ccccc1. The van der Waals surface area contributed by atoms with Gasteiger partial charge >= 0.3 is 5.97 Å². The van der Waals surface area contributed by atoms with Gasteiger partial charge in [-0.05, 0) is 57.1 Å². The Morgan fingerprint density at radius 1 is 0.920 bits per heavy atom. The molecule has 0 aliphatic heterocycles. The van der Waals surface area contributed by atoms with E-state index in [1.807, 2.05) is 30.3 Å². The minimum absolute atomic E-state index is 0.0373. The molecule has 0 aliphatic rings. The number of carbonyl (C=O) groups excluding carboxylic acids is 1. The molecule has 2 heteroatoms. The molecule has 0 saturated heterocycles. The van der Waals surface area contributed by atoms with E-state index in [9.17, 15) is 4.79 Å². The van der Waals surface area contributed by atoms with Crippen LogP contribution in [0.1, 0.15) is 94.8 Å². The van der Waals surface area contributed by atoms with E-state index in [2.05, 4.69) is 26.0 Å². The summed E-state index contributed by atoms with van der Waals surface area (Å²) >= 11 is 0. The third-order valence-electron chi connectivity index (χ3n) is 4.53. The Bertz CT molecular complexity index is 464. The maximum Gasteiger partial charge on any atom is 0.338 e. The maximum atomic E-state index is 12.1. The summed E-state index contributed by atoms with van der Waals surface area (Å²) in [6, 6.07) is 9.26. The third kappa shape index (κ3) is 10.8. The maximum absolute atomic E-state index is 12.1. The van der Waals surface area contributed by atoms with Gasteiger partial charge in [0, 0.05) is 0 Å². The first kappa shape index (κ1) is 21.5. The van der Waals surface area contributed by atoms with Crippen molar-refractivity contribution in [2.75, 3.05) is 0 Å². The second-order valence-electron chi connectivity index (χ2n) is 6.76. The lowest BCUT2D eigenvalue weighted by Crippen LogP contribution is -2.17. The summed E-state index contributed by atoms with van der Waals surface area (Å²) in [5.74, 6) is -0.199. The van der Waals surface area contributed by atoms with Crippen molar-refractivity contribution < 1.29 is 9.53 Å². The molecule has 0 aliphatic carbocycles. The molecule has 0 spiro atoms. The van der Waals surface area contributed by atoms with Crippen LogP contribution in [0.3, 0.4) is 0 Å². The van der Waals surface area contributed by atoms with Gasteiger partial charge in [-0.15, -0.1) is 0 Å². The van der Waals surface area contributed by atoms with Gasteiger partial charge in [-0.1, -0.05) is 69.9 Å². The zero-order chi connectivity index (χ0) is 18.2. The minimum Gasteiger partial charge on any atom is -0.459 e. The second kappa shape index (κ2) is 14.7. The Morgan fingerprint density at radius 3 is 2.20 bits per heavy atom. The van der Waals surface area contributed by atoms with E-state index in [1.54, 1.807) is 0 Å². The topological polar surface area (TPSA) is 26.3 Å². The van der Waals surface area contributed by atoms with Crippen LogP contribution in [0.15, 0.2) is 42.5 Å². The fraction of sp³-hybridized carbons (Fsp3) is 0.609. The van der Waals surface area contributed by atoms with Gasteiger partial charge in [-0.25, -0.2) is 4.79 Å². The molecule has 1 rings (SSSR count). The van der Waals surface area contributed by atoms with Crippen LogP contribution in [-0.2, 0) is 4.74 Å². The van der Waals surface area contributed by atoms with E-state index in [-0.39, 0.29) is 12.1 Å². The molecule has 0 saturated carbocycles. The Hall–Kier alpha value is -1.57. The molecule has 0 fully saturated rings. The predicted molar refractivity (Wildman–Crippen MR) is 107 cm³/mol. The van der Waals surface area contributed by atoms with Gasteiger partial charge in [-0.2, -0.15) is 0 Å². The van der Waals surface area contributed by atoms with Gasteiger partial charge in [0.2, 0.25) is 0 Å². The van der Waals surface area contributed by atoms with Crippen molar-refractivity contribution in [1.29, 1.82) is 0 Å². The summed E-state index contributed by atoms with van der Waals surface area (Å²) in [6.45, 7) is 4.34. The highest BCUT2D eigenvalue weighted by molar-refractivity contribution is 5.89. The van der Waals surface area contributed by atoms with Crippen molar-refractivity contribution in [2.24, 2.45) is 0 Å². The molecule has 0 amide bonds. The smallest absolute Gasteiger partial charge is 0.338 e. The van der Waals surface area contributed by atoms with Crippen LogP contribution >= 0.6 is 0 Å². The molecule has 1 atom stereocenters. The standard InChI is InChI=1S/C23H36O2/c1-3-5-6-7-8-9-10-11-12-13-17-20-22(4-2)25-23(24)21-18-15-14-16-19-21/h10-11,14-16,18-19,22H,3-9,12-13,17,20H2,1-2H3. The van der Waals surface area contributed by atoms with Crippen molar-refractivity contribution in [1.82, 2.24) is 0 Å². The summed E-state index contributed by atoms with van der Waals surface area (Å²) in [5, 5.41) is 0. The number of benzene rings is 1. The summed E-state index contributed by atoms with van der Waals surface area (Å²) < 4.78 is 5.62. The number of carbonyl (C=O) groups is 1. The largest absolute Gasteiger partial charge is 0.459 e. The Morgan fingerprint density at radius 2 is 1.56 bits per heavy atom. The molecular weight excluding hydrogens is 308 g/mol. The van der Waals surface area contributed by atoms with E-state index in [0.29, 0.717) is 5.56 Å². The number of unbranched alkanes of at least 4 members (excludes halogenated alkanes) is 7. The van der Waals surface area contributed by atoms with Crippen LogP contribution in [0.4, 0.5) is 0 Å². The number of allylic oxidation sites excluding steroid dienone is 2. The molecule has 25 heavy (non-hydrogen) atoms. The van der Waals surface area contributed by atoms with E-state index < -0.39 is 0 Å². The molecule has 2 nitrogen and oxygen atoms in total. The lowest BCUT2D eigenvalue weighted by Gasteiger charge is -2.16. The number of hydrogen-bond donors (Lipinski definition) is 0. The zero-order valence-corrected chi connectivity index (χ0v) is 16.2. The first-order valence-electron chi connectivity index (χ1n) is 10.2. The normalized spacial score (nSPS) is 12.4. The first-order valence-corrected chi connectivity index (χ1v) is 10.2. The molecule has 1 aromatic carbocycles. The Labute approximate surface area is 154 Å². The van der Waals surface area contributed by atoms with E-state index in [1.165, 1.54) is 44.9 Å². The Balaban J connectivity index is 2.08. The van der Waals surface area contributed by atoms with Crippen molar-refractivity contribution in [2.45, 2.75) is 90.6 Å². The highest BCUT2D eigenvalue weighted by Crippen LogP contribution is 2.13. The fourth-order valence-electron chi connectivity index (χ4n) is 2.88. The second-order valence-corrected chi connectivity index (χ2v) is 6.76. The van der Waals surface area contributed by atoms with Crippen LogP contribution in [0, 0.1) is 0 Å². The van der Waals surface area contributed by atoms with Crippen LogP contribution in [0.25, 0.3) is 0 Å². The van der Waals surface area contributed by atoms with Crippen LogP contribution < -0.4 is 0 Å². The van der Waals surface area contributed by atoms with Gasteiger partial charge in [-0.3, -0.25) is 0 Å². The Kier molecular flexibility index (Phi) is 12.7. The van der Waals surface area contributed by atoms with Crippen molar-refractivity contribution in [3.63, 3.8) is 0 Å². The van der Waals surface area contributed by atoms with Crippen molar-refractivity contribution in [3.8, 4) is 0 Å². The van der Waals surface area contributed by atoms with Crippen LogP contribution in [-0.4, -0.2) is 12.1 Å². The van der Waals surface area contributed by atoms with E-state index in [0.717, 1.165) is 25.7 Å².